The Balaban J connectivity index is 2.54. The Morgan fingerprint density at radius 2 is 2.35 bits per heavy atom. The van der Waals surface area contributed by atoms with Crippen molar-refractivity contribution in [1.29, 1.82) is 0 Å². The van der Waals surface area contributed by atoms with E-state index in [2.05, 4.69) is 26.0 Å². The molecule has 2 aromatic rings. The zero-order valence-corrected chi connectivity index (χ0v) is 10.3. The summed E-state index contributed by atoms with van der Waals surface area (Å²) in [6, 6.07) is 0. The number of halogens is 1. The van der Waals surface area contributed by atoms with Crippen LogP contribution in [-0.2, 0) is 0 Å². The molecule has 0 aliphatic carbocycles. The zero-order chi connectivity index (χ0) is 12.6. The molecule has 0 aliphatic heterocycles. The molecule has 1 N–H and O–H groups in total. The molecule has 2 heterocycles. The third-order valence-corrected chi connectivity index (χ3v) is 3.29. The minimum absolute atomic E-state index is 0.340. The van der Waals surface area contributed by atoms with E-state index in [9.17, 15) is 14.9 Å². The van der Waals surface area contributed by atoms with E-state index in [0.29, 0.717) is 9.73 Å². The first-order valence-electron chi connectivity index (χ1n) is 4.08. The fourth-order valence-corrected chi connectivity index (χ4v) is 2.27. The molecule has 0 saturated heterocycles. The number of thiazole rings is 1. The van der Waals surface area contributed by atoms with Gasteiger partial charge in [0.15, 0.2) is 0 Å². The molecule has 0 aromatic carbocycles. The van der Waals surface area contributed by atoms with Gasteiger partial charge in [0, 0.05) is 5.38 Å². The van der Waals surface area contributed by atoms with Crippen LogP contribution in [0.5, 0.6) is 0 Å². The molecule has 0 aliphatic rings. The van der Waals surface area contributed by atoms with Crippen molar-refractivity contribution in [2.75, 3.05) is 0 Å². The lowest BCUT2D eigenvalue weighted by molar-refractivity contribution is -0.385. The van der Waals surface area contributed by atoms with Gasteiger partial charge >= 0.3 is 11.7 Å². The first kappa shape index (κ1) is 11.7. The van der Waals surface area contributed by atoms with E-state index in [1.165, 1.54) is 11.3 Å². The van der Waals surface area contributed by atoms with Crippen molar-refractivity contribution < 1.29 is 14.8 Å². The first-order valence-corrected chi connectivity index (χ1v) is 5.75. The van der Waals surface area contributed by atoms with Gasteiger partial charge in [0.05, 0.1) is 4.92 Å². The van der Waals surface area contributed by atoms with Crippen molar-refractivity contribution >= 4 is 38.9 Å². The van der Waals surface area contributed by atoms with Gasteiger partial charge in [-0.25, -0.2) is 14.5 Å². The molecule has 8 nitrogen and oxygen atoms in total. The van der Waals surface area contributed by atoms with Crippen LogP contribution in [0.25, 0.3) is 5.13 Å². The average Bonchev–Trinajstić information content (AvgIpc) is 2.82. The molecule has 0 saturated carbocycles. The monoisotopic (exact) mass is 318 g/mol. The number of hydrogen-bond donors (Lipinski definition) is 1. The summed E-state index contributed by atoms with van der Waals surface area (Å²) in [5.41, 5.74) is -1.18. The second kappa shape index (κ2) is 4.22. The van der Waals surface area contributed by atoms with Crippen molar-refractivity contribution in [3.8, 4) is 5.13 Å². The Kier molecular flexibility index (Phi) is 2.90. The van der Waals surface area contributed by atoms with Gasteiger partial charge in [0.1, 0.15) is 10.8 Å². The van der Waals surface area contributed by atoms with Crippen LogP contribution in [-0.4, -0.2) is 30.8 Å². The minimum atomic E-state index is -1.45. The number of carbonyl (C=O) groups is 1. The number of rotatable bonds is 3. The van der Waals surface area contributed by atoms with Gasteiger partial charge in [-0.3, -0.25) is 10.1 Å². The Morgan fingerprint density at radius 1 is 1.65 bits per heavy atom. The van der Waals surface area contributed by atoms with E-state index >= 15 is 0 Å². The molecule has 0 fully saturated rings. The predicted octanol–water partition coefficient (Wildman–Crippen LogP) is 1.70. The molecule has 2 rings (SSSR count). The number of carboxylic acids is 1. The van der Waals surface area contributed by atoms with Gasteiger partial charge in [-0.2, -0.15) is 5.10 Å². The van der Waals surface area contributed by atoms with E-state index in [-0.39, 0.29) is 0 Å². The van der Waals surface area contributed by atoms with Gasteiger partial charge in [0.2, 0.25) is 10.8 Å². The number of hydrogen-bond acceptors (Lipinski definition) is 6. The van der Waals surface area contributed by atoms with E-state index in [1.807, 2.05) is 0 Å². The van der Waals surface area contributed by atoms with Crippen LogP contribution in [0.3, 0.4) is 0 Å². The van der Waals surface area contributed by atoms with E-state index in [0.717, 1.165) is 10.9 Å². The van der Waals surface area contributed by atoms with Crippen LogP contribution in [0.1, 0.15) is 10.5 Å². The average molecular weight is 319 g/mol. The predicted molar refractivity (Wildman–Crippen MR) is 60.5 cm³/mol. The van der Waals surface area contributed by atoms with Crippen LogP contribution in [0.2, 0.25) is 0 Å². The van der Waals surface area contributed by atoms with Crippen molar-refractivity contribution in [1.82, 2.24) is 14.8 Å². The topological polar surface area (TPSA) is 111 Å². The van der Waals surface area contributed by atoms with Crippen LogP contribution < -0.4 is 0 Å². The van der Waals surface area contributed by atoms with Gasteiger partial charge in [0.25, 0.3) is 0 Å². The lowest BCUT2D eigenvalue weighted by Crippen LogP contribution is -2.02. The van der Waals surface area contributed by atoms with Gasteiger partial charge in [-0.05, 0) is 15.9 Å². The second-order valence-electron chi connectivity index (χ2n) is 2.82. The van der Waals surface area contributed by atoms with E-state index < -0.39 is 22.3 Å². The molecule has 2 aromatic heterocycles. The lowest BCUT2D eigenvalue weighted by Gasteiger charge is -1.90. The van der Waals surface area contributed by atoms with E-state index in [1.54, 1.807) is 5.38 Å². The maximum Gasteiger partial charge on any atom is 0.363 e. The SMILES string of the molecule is O=C(O)c1nn(-c2nc(Br)cs2)cc1[N+](=O)[O-]. The molecule has 10 heteroatoms. The Hall–Kier alpha value is -1.81. The van der Waals surface area contributed by atoms with Gasteiger partial charge < -0.3 is 5.11 Å². The Bertz CT molecular complexity index is 575. The highest BCUT2D eigenvalue weighted by Gasteiger charge is 2.26. The smallest absolute Gasteiger partial charge is 0.363 e. The summed E-state index contributed by atoms with van der Waals surface area (Å²) in [5, 5.41) is 25.0. The lowest BCUT2D eigenvalue weighted by atomic mass is 10.4. The molecule has 88 valence electrons. The molecule has 0 atom stereocenters. The summed E-state index contributed by atoms with van der Waals surface area (Å²) in [7, 11) is 0. The molecular weight excluding hydrogens is 316 g/mol. The van der Waals surface area contributed by atoms with Gasteiger partial charge in [-0.1, -0.05) is 0 Å². The second-order valence-corrected chi connectivity index (χ2v) is 4.47. The van der Waals surface area contributed by atoms with Gasteiger partial charge in [-0.15, -0.1) is 11.3 Å². The number of nitro groups is 1. The van der Waals surface area contributed by atoms with Crippen molar-refractivity contribution in [3.63, 3.8) is 0 Å². The highest BCUT2D eigenvalue weighted by Crippen LogP contribution is 2.23. The highest BCUT2D eigenvalue weighted by atomic mass is 79.9. The maximum atomic E-state index is 10.8. The quantitative estimate of drug-likeness (QED) is 0.681. The van der Waals surface area contributed by atoms with Crippen LogP contribution in [0.15, 0.2) is 16.2 Å². The summed E-state index contributed by atoms with van der Waals surface area (Å²) in [4.78, 5) is 24.6. The molecule has 0 spiro atoms. The van der Waals surface area contributed by atoms with Crippen LogP contribution in [0.4, 0.5) is 5.69 Å². The number of aromatic nitrogens is 3. The summed E-state index contributed by atoms with van der Waals surface area (Å²) in [6.07, 6.45) is 1.02. The highest BCUT2D eigenvalue weighted by molar-refractivity contribution is 9.10. The van der Waals surface area contributed by atoms with Crippen molar-refractivity contribution in [2.24, 2.45) is 0 Å². The maximum absolute atomic E-state index is 10.8. The van der Waals surface area contributed by atoms with E-state index in [4.69, 9.17) is 5.11 Å². The summed E-state index contributed by atoms with van der Waals surface area (Å²) in [6.45, 7) is 0. The number of carboxylic acid groups (broad SMARTS) is 1. The fraction of sp³-hybridized carbons (Fsp3) is 0. The van der Waals surface area contributed by atoms with Crippen molar-refractivity contribution in [2.45, 2.75) is 0 Å². The summed E-state index contributed by atoms with van der Waals surface area (Å²) >= 11 is 4.30. The minimum Gasteiger partial charge on any atom is -0.476 e. The largest absolute Gasteiger partial charge is 0.476 e. The molecule has 0 amide bonds. The molecule has 17 heavy (non-hydrogen) atoms. The van der Waals surface area contributed by atoms with Crippen LogP contribution >= 0.6 is 27.3 Å². The molecular formula is C7H3BrN4O4S. The third kappa shape index (κ3) is 2.17. The molecule has 0 radical (unpaired) electrons. The molecule has 0 bridgehead atoms. The standard InChI is InChI=1S/C7H3BrN4O4S/c8-4-2-17-7(9-4)11-1-3(12(15)16)5(10-11)6(13)14/h1-2H,(H,13,14). The Labute approximate surface area is 106 Å². The normalized spacial score (nSPS) is 10.4. The third-order valence-electron chi connectivity index (χ3n) is 1.75. The summed E-state index contributed by atoms with van der Waals surface area (Å²) < 4.78 is 1.62. The number of nitrogens with zero attached hydrogens (tertiary/aromatic N) is 4. The zero-order valence-electron chi connectivity index (χ0n) is 7.90. The number of aromatic carboxylic acids is 1. The van der Waals surface area contributed by atoms with Crippen molar-refractivity contribution in [3.05, 3.63) is 32.0 Å². The first-order chi connectivity index (χ1) is 7.99. The fourth-order valence-electron chi connectivity index (χ4n) is 1.10. The Morgan fingerprint density at radius 3 is 2.76 bits per heavy atom. The van der Waals surface area contributed by atoms with Crippen LogP contribution in [0, 0.1) is 10.1 Å². The summed E-state index contributed by atoms with van der Waals surface area (Å²) in [5.74, 6) is -1.45. The molecule has 0 unspecified atom stereocenters.